The molecule has 142 valence electrons. The fourth-order valence-corrected chi connectivity index (χ4v) is 3.04. The Morgan fingerprint density at radius 2 is 2.04 bits per heavy atom. The van der Waals surface area contributed by atoms with Crippen LogP contribution in [0.5, 0.6) is 0 Å². The molecule has 27 heavy (non-hydrogen) atoms. The number of aromatic amines is 1. The van der Waals surface area contributed by atoms with Gasteiger partial charge in [0.15, 0.2) is 5.96 Å². The first-order valence-corrected chi connectivity index (χ1v) is 9.20. The lowest BCUT2D eigenvalue weighted by Gasteiger charge is -2.14. The van der Waals surface area contributed by atoms with E-state index in [2.05, 4.69) is 63.0 Å². The zero-order valence-corrected chi connectivity index (χ0v) is 16.5. The Bertz CT molecular complexity index is 925. The van der Waals surface area contributed by atoms with Gasteiger partial charge in [0.05, 0.1) is 0 Å². The van der Waals surface area contributed by atoms with Crippen LogP contribution in [0.1, 0.15) is 16.7 Å². The normalized spacial score (nSPS) is 11.6. The number of rotatable bonds is 6. The molecule has 2 aromatic heterocycles. The van der Waals surface area contributed by atoms with Gasteiger partial charge in [0, 0.05) is 57.5 Å². The van der Waals surface area contributed by atoms with E-state index in [1.54, 1.807) is 7.05 Å². The van der Waals surface area contributed by atoms with Crippen LogP contribution in [0.3, 0.4) is 0 Å². The molecular formula is C21H28N6. The molecular weight excluding hydrogens is 336 g/mol. The Morgan fingerprint density at radius 1 is 1.19 bits per heavy atom. The van der Waals surface area contributed by atoms with Gasteiger partial charge < -0.3 is 20.5 Å². The van der Waals surface area contributed by atoms with Gasteiger partial charge in [-0.1, -0.05) is 12.1 Å². The van der Waals surface area contributed by atoms with Crippen LogP contribution in [-0.4, -0.2) is 43.6 Å². The third-order valence-electron chi connectivity index (χ3n) is 4.56. The highest BCUT2D eigenvalue weighted by atomic mass is 15.2. The van der Waals surface area contributed by atoms with Crippen molar-refractivity contribution in [1.29, 1.82) is 0 Å². The van der Waals surface area contributed by atoms with Crippen molar-refractivity contribution in [2.45, 2.75) is 19.9 Å². The molecule has 0 atom stereocenters. The molecule has 0 amide bonds. The monoisotopic (exact) mass is 364 g/mol. The quantitative estimate of drug-likeness (QED) is 0.465. The fourth-order valence-electron chi connectivity index (χ4n) is 3.04. The van der Waals surface area contributed by atoms with Crippen LogP contribution in [0, 0.1) is 6.92 Å². The Balaban J connectivity index is 1.52. The van der Waals surface area contributed by atoms with Gasteiger partial charge in [-0.05, 0) is 48.2 Å². The average Bonchev–Trinajstić information content (AvgIpc) is 3.06. The molecule has 0 aliphatic heterocycles. The largest absolute Gasteiger partial charge is 0.363 e. The summed E-state index contributed by atoms with van der Waals surface area (Å²) in [5, 5.41) is 8.04. The summed E-state index contributed by atoms with van der Waals surface area (Å²) in [5.41, 5.74) is 4.95. The van der Waals surface area contributed by atoms with Gasteiger partial charge in [0.1, 0.15) is 5.82 Å². The van der Waals surface area contributed by atoms with Gasteiger partial charge in [0.2, 0.25) is 0 Å². The fraction of sp³-hybridized carbons (Fsp3) is 0.333. The number of guanidine groups is 1. The van der Waals surface area contributed by atoms with Crippen LogP contribution in [0.2, 0.25) is 0 Å². The molecule has 1 aromatic carbocycles. The van der Waals surface area contributed by atoms with Gasteiger partial charge in [-0.25, -0.2) is 4.98 Å². The summed E-state index contributed by atoms with van der Waals surface area (Å²) < 4.78 is 0. The van der Waals surface area contributed by atoms with Crippen LogP contribution in [0.25, 0.3) is 10.9 Å². The van der Waals surface area contributed by atoms with Crippen molar-refractivity contribution in [3.63, 3.8) is 0 Å². The van der Waals surface area contributed by atoms with Gasteiger partial charge in [-0.3, -0.25) is 4.99 Å². The second kappa shape index (κ2) is 8.58. The van der Waals surface area contributed by atoms with Crippen LogP contribution in [0.4, 0.5) is 5.82 Å². The first-order chi connectivity index (χ1) is 13.1. The molecule has 0 unspecified atom stereocenters. The van der Waals surface area contributed by atoms with Gasteiger partial charge in [0.25, 0.3) is 0 Å². The molecule has 0 aliphatic carbocycles. The number of nitrogens with zero attached hydrogens (tertiary/aromatic N) is 3. The minimum atomic E-state index is 0.704. The van der Waals surface area contributed by atoms with Crippen molar-refractivity contribution in [2.75, 3.05) is 32.6 Å². The summed E-state index contributed by atoms with van der Waals surface area (Å²) >= 11 is 0. The van der Waals surface area contributed by atoms with Crippen molar-refractivity contribution in [3.05, 3.63) is 59.4 Å². The first kappa shape index (κ1) is 18.8. The summed E-state index contributed by atoms with van der Waals surface area (Å²) in [5.74, 6) is 1.75. The van der Waals surface area contributed by atoms with Gasteiger partial charge >= 0.3 is 0 Å². The number of fused-ring (bicyclic) bond motifs is 1. The molecule has 0 aliphatic rings. The van der Waals surface area contributed by atoms with Crippen molar-refractivity contribution < 1.29 is 0 Å². The smallest absolute Gasteiger partial charge is 0.191 e. The minimum Gasteiger partial charge on any atom is -0.363 e. The standard InChI is InChI=1S/C21H28N6/c1-15-5-6-18-17(14-25-19(18)11-15)8-10-24-21(22-2)26-13-16-7-9-23-20(12-16)27(3)4/h5-7,9,11-12,14,25H,8,10,13H2,1-4H3,(H2,22,24,26). The number of aryl methyl sites for hydroxylation is 1. The van der Waals surface area contributed by atoms with E-state index in [4.69, 9.17) is 0 Å². The minimum absolute atomic E-state index is 0.704. The number of anilines is 1. The SMILES string of the molecule is CN=C(NCCc1c[nH]c2cc(C)ccc12)NCc1ccnc(N(C)C)c1. The van der Waals surface area contributed by atoms with Crippen LogP contribution < -0.4 is 15.5 Å². The van der Waals surface area contributed by atoms with Crippen LogP contribution in [0.15, 0.2) is 47.7 Å². The molecule has 3 rings (SSSR count). The summed E-state index contributed by atoms with van der Waals surface area (Å²) in [6.45, 7) is 3.64. The maximum Gasteiger partial charge on any atom is 0.191 e. The van der Waals surface area contributed by atoms with Gasteiger partial charge in [-0.2, -0.15) is 0 Å². The molecule has 0 spiro atoms. The Hall–Kier alpha value is -3.02. The Kier molecular flexibility index (Phi) is 5.96. The maximum atomic E-state index is 4.34. The zero-order valence-electron chi connectivity index (χ0n) is 16.5. The lowest BCUT2D eigenvalue weighted by atomic mass is 10.1. The van der Waals surface area contributed by atoms with E-state index in [0.29, 0.717) is 6.54 Å². The maximum absolute atomic E-state index is 4.34. The summed E-state index contributed by atoms with van der Waals surface area (Å²) in [7, 11) is 5.78. The lowest BCUT2D eigenvalue weighted by molar-refractivity contribution is 0.795. The lowest BCUT2D eigenvalue weighted by Crippen LogP contribution is -2.37. The molecule has 6 heteroatoms. The van der Waals surface area contributed by atoms with Crippen LogP contribution in [-0.2, 0) is 13.0 Å². The topological polar surface area (TPSA) is 68.3 Å². The van der Waals surface area contributed by atoms with Crippen molar-refractivity contribution >= 4 is 22.7 Å². The highest BCUT2D eigenvalue weighted by Crippen LogP contribution is 2.19. The number of benzene rings is 1. The van der Waals surface area contributed by atoms with Crippen molar-refractivity contribution in [2.24, 2.45) is 4.99 Å². The number of pyridine rings is 1. The number of aromatic nitrogens is 2. The molecule has 3 aromatic rings. The van der Waals surface area contributed by atoms with Crippen molar-refractivity contribution in [3.8, 4) is 0 Å². The molecule has 0 radical (unpaired) electrons. The molecule has 0 bridgehead atoms. The number of hydrogen-bond acceptors (Lipinski definition) is 3. The Morgan fingerprint density at radius 3 is 2.81 bits per heavy atom. The van der Waals surface area contributed by atoms with E-state index in [9.17, 15) is 0 Å². The summed E-state index contributed by atoms with van der Waals surface area (Å²) in [6, 6.07) is 10.6. The number of aliphatic imine (C=N–C) groups is 1. The highest BCUT2D eigenvalue weighted by molar-refractivity contribution is 5.84. The molecule has 0 fully saturated rings. The highest BCUT2D eigenvalue weighted by Gasteiger charge is 2.05. The molecule has 0 saturated heterocycles. The molecule has 0 saturated carbocycles. The predicted octanol–water partition coefficient (Wildman–Crippen LogP) is 2.85. The second-order valence-electron chi connectivity index (χ2n) is 6.88. The second-order valence-corrected chi connectivity index (χ2v) is 6.88. The predicted molar refractivity (Wildman–Crippen MR) is 114 cm³/mol. The van der Waals surface area contributed by atoms with Crippen molar-refractivity contribution in [1.82, 2.24) is 20.6 Å². The average molecular weight is 364 g/mol. The van der Waals surface area contributed by atoms with E-state index in [1.807, 2.05) is 31.3 Å². The van der Waals surface area contributed by atoms with E-state index in [0.717, 1.165) is 24.7 Å². The number of H-pyrrole nitrogens is 1. The summed E-state index contributed by atoms with van der Waals surface area (Å²) in [6.07, 6.45) is 4.87. The van der Waals surface area contributed by atoms with Crippen LogP contribution >= 0.6 is 0 Å². The van der Waals surface area contributed by atoms with E-state index >= 15 is 0 Å². The summed E-state index contributed by atoms with van der Waals surface area (Å²) in [4.78, 5) is 14.0. The van der Waals surface area contributed by atoms with Gasteiger partial charge in [-0.15, -0.1) is 0 Å². The third-order valence-corrected chi connectivity index (χ3v) is 4.56. The molecule has 3 N–H and O–H groups in total. The van der Waals surface area contributed by atoms with E-state index in [-0.39, 0.29) is 0 Å². The van der Waals surface area contributed by atoms with E-state index in [1.165, 1.54) is 27.6 Å². The number of nitrogens with one attached hydrogen (secondary N) is 3. The zero-order chi connectivity index (χ0) is 19.2. The first-order valence-electron chi connectivity index (χ1n) is 9.20. The number of hydrogen-bond donors (Lipinski definition) is 3. The molecule has 2 heterocycles. The Labute approximate surface area is 160 Å². The van der Waals surface area contributed by atoms with E-state index < -0.39 is 0 Å². The molecule has 6 nitrogen and oxygen atoms in total. The third kappa shape index (κ3) is 4.78.